The molecule has 130 valence electrons. The molecule has 0 amide bonds. The molecule has 4 nitrogen and oxygen atoms in total. The topological polar surface area (TPSA) is 35.9 Å². The fraction of sp³-hybridized carbons (Fsp3) is 1.00. The van der Waals surface area contributed by atoms with Gasteiger partial charge >= 0.3 is 6.18 Å². The van der Waals surface area contributed by atoms with Gasteiger partial charge in [0.15, 0.2) is 0 Å². The zero-order valence-corrected chi connectivity index (χ0v) is 13.2. The van der Waals surface area contributed by atoms with Crippen LogP contribution >= 0.6 is 0 Å². The van der Waals surface area contributed by atoms with Crippen LogP contribution in [0.2, 0.25) is 0 Å². The number of alkyl halides is 3. The van der Waals surface area contributed by atoms with Crippen molar-refractivity contribution in [2.75, 3.05) is 39.9 Å². The Balaban J connectivity index is 1.90. The lowest BCUT2D eigenvalue weighted by atomic mass is 9.98. The Labute approximate surface area is 130 Å². The van der Waals surface area contributed by atoms with E-state index in [0.29, 0.717) is 38.6 Å². The summed E-state index contributed by atoms with van der Waals surface area (Å²) in [6, 6.07) is -1.15. The molecule has 2 fully saturated rings. The second kappa shape index (κ2) is 7.95. The number of halogens is 3. The minimum Gasteiger partial charge on any atom is -0.396 e. The summed E-state index contributed by atoms with van der Waals surface area (Å²) in [6.07, 6.45) is -1.54. The van der Waals surface area contributed by atoms with Gasteiger partial charge in [-0.1, -0.05) is 0 Å². The Morgan fingerprint density at radius 2 is 1.95 bits per heavy atom. The van der Waals surface area contributed by atoms with Crippen molar-refractivity contribution >= 4 is 0 Å². The number of aliphatic hydroxyl groups excluding tert-OH is 1. The SMILES string of the molecule is CN(CCCO)C1CCN(C(C2CCCO2)C(F)(F)F)CC1. The van der Waals surface area contributed by atoms with Crippen molar-refractivity contribution in [3.63, 3.8) is 0 Å². The van der Waals surface area contributed by atoms with Crippen LogP contribution in [0.25, 0.3) is 0 Å². The molecule has 2 aliphatic heterocycles. The zero-order valence-electron chi connectivity index (χ0n) is 13.2. The summed E-state index contributed by atoms with van der Waals surface area (Å²) in [5, 5.41) is 8.87. The highest BCUT2D eigenvalue weighted by Gasteiger charge is 2.50. The van der Waals surface area contributed by atoms with E-state index in [1.807, 2.05) is 7.05 Å². The van der Waals surface area contributed by atoms with Gasteiger partial charge in [-0.25, -0.2) is 0 Å². The lowest BCUT2D eigenvalue weighted by Crippen LogP contribution is -2.56. The van der Waals surface area contributed by atoms with Crippen LogP contribution in [-0.2, 0) is 4.74 Å². The molecule has 0 aromatic rings. The zero-order chi connectivity index (χ0) is 16.2. The number of nitrogens with zero attached hydrogens (tertiary/aromatic N) is 2. The molecule has 0 radical (unpaired) electrons. The molecule has 2 unspecified atom stereocenters. The molecular weight excluding hydrogens is 297 g/mol. The van der Waals surface area contributed by atoms with E-state index in [-0.39, 0.29) is 6.61 Å². The summed E-state index contributed by atoms with van der Waals surface area (Å²) in [4.78, 5) is 3.72. The Morgan fingerprint density at radius 3 is 2.45 bits per heavy atom. The molecule has 2 saturated heterocycles. The molecule has 2 rings (SSSR count). The summed E-state index contributed by atoms with van der Waals surface area (Å²) in [5.41, 5.74) is 0. The highest BCUT2D eigenvalue weighted by atomic mass is 19.4. The van der Waals surface area contributed by atoms with Crippen molar-refractivity contribution in [1.82, 2.24) is 9.80 Å². The van der Waals surface area contributed by atoms with Crippen LogP contribution < -0.4 is 0 Å². The van der Waals surface area contributed by atoms with Crippen LogP contribution in [0.15, 0.2) is 0 Å². The first-order valence-corrected chi connectivity index (χ1v) is 8.17. The average Bonchev–Trinajstić information content (AvgIpc) is 2.98. The van der Waals surface area contributed by atoms with Gasteiger partial charge in [0.25, 0.3) is 0 Å². The van der Waals surface area contributed by atoms with Crippen molar-refractivity contribution in [2.24, 2.45) is 0 Å². The molecule has 2 heterocycles. The maximum absolute atomic E-state index is 13.4. The Morgan fingerprint density at radius 1 is 1.27 bits per heavy atom. The van der Waals surface area contributed by atoms with Crippen LogP contribution in [0.4, 0.5) is 13.2 Å². The number of hydrogen-bond acceptors (Lipinski definition) is 4. The second-order valence-electron chi connectivity index (χ2n) is 6.36. The molecular formula is C15H27F3N2O2. The first kappa shape index (κ1) is 18.0. The van der Waals surface area contributed by atoms with Crippen LogP contribution in [-0.4, -0.2) is 79.2 Å². The summed E-state index contributed by atoms with van der Waals surface area (Å²) in [5.74, 6) is 0. The normalized spacial score (nSPS) is 26.7. The third kappa shape index (κ3) is 4.57. The maximum Gasteiger partial charge on any atom is 0.406 e. The van der Waals surface area contributed by atoms with Gasteiger partial charge in [0.1, 0.15) is 6.04 Å². The highest BCUT2D eigenvalue weighted by Crippen LogP contribution is 2.34. The molecule has 7 heteroatoms. The van der Waals surface area contributed by atoms with Gasteiger partial charge < -0.3 is 14.7 Å². The molecule has 0 aromatic carbocycles. The van der Waals surface area contributed by atoms with Crippen molar-refractivity contribution < 1.29 is 23.0 Å². The van der Waals surface area contributed by atoms with E-state index in [9.17, 15) is 13.2 Å². The Kier molecular flexibility index (Phi) is 6.49. The number of ether oxygens (including phenoxy) is 1. The van der Waals surface area contributed by atoms with Gasteiger partial charge in [-0.3, -0.25) is 4.90 Å². The van der Waals surface area contributed by atoms with Crippen LogP contribution in [0.3, 0.4) is 0 Å². The first-order chi connectivity index (χ1) is 10.4. The monoisotopic (exact) mass is 324 g/mol. The number of piperidine rings is 1. The first-order valence-electron chi connectivity index (χ1n) is 8.17. The second-order valence-corrected chi connectivity index (χ2v) is 6.36. The predicted octanol–water partition coefficient (Wildman–Crippen LogP) is 1.87. The van der Waals surface area contributed by atoms with E-state index >= 15 is 0 Å². The molecule has 2 atom stereocenters. The molecule has 0 spiro atoms. The van der Waals surface area contributed by atoms with E-state index in [4.69, 9.17) is 9.84 Å². The molecule has 0 aliphatic carbocycles. The predicted molar refractivity (Wildman–Crippen MR) is 77.7 cm³/mol. The number of rotatable bonds is 6. The van der Waals surface area contributed by atoms with Gasteiger partial charge in [-0.05, 0) is 39.2 Å². The average molecular weight is 324 g/mol. The lowest BCUT2D eigenvalue weighted by Gasteiger charge is -2.42. The molecule has 0 bridgehead atoms. The van der Waals surface area contributed by atoms with Crippen molar-refractivity contribution in [3.8, 4) is 0 Å². The van der Waals surface area contributed by atoms with E-state index in [2.05, 4.69) is 4.90 Å². The molecule has 2 aliphatic rings. The minimum atomic E-state index is -4.23. The summed E-state index contributed by atoms with van der Waals surface area (Å²) >= 11 is 0. The van der Waals surface area contributed by atoms with Crippen molar-refractivity contribution in [1.29, 1.82) is 0 Å². The van der Waals surface area contributed by atoms with Gasteiger partial charge in [-0.15, -0.1) is 0 Å². The minimum absolute atomic E-state index is 0.151. The highest BCUT2D eigenvalue weighted by molar-refractivity contribution is 4.92. The van der Waals surface area contributed by atoms with Crippen molar-refractivity contribution in [2.45, 2.75) is 56.5 Å². The fourth-order valence-corrected chi connectivity index (χ4v) is 3.61. The van der Waals surface area contributed by atoms with Gasteiger partial charge in [0, 0.05) is 38.9 Å². The smallest absolute Gasteiger partial charge is 0.396 e. The molecule has 0 aromatic heterocycles. The largest absolute Gasteiger partial charge is 0.406 e. The number of likely N-dealkylation sites (tertiary alicyclic amines) is 1. The number of hydrogen-bond donors (Lipinski definition) is 1. The van der Waals surface area contributed by atoms with E-state index < -0.39 is 18.3 Å². The van der Waals surface area contributed by atoms with E-state index in [0.717, 1.165) is 25.8 Å². The van der Waals surface area contributed by atoms with E-state index in [1.165, 1.54) is 0 Å². The summed E-state index contributed by atoms with van der Waals surface area (Å²) in [7, 11) is 1.98. The molecule has 22 heavy (non-hydrogen) atoms. The fourth-order valence-electron chi connectivity index (χ4n) is 3.61. The Bertz CT molecular complexity index is 327. The lowest BCUT2D eigenvalue weighted by molar-refractivity contribution is -0.212. The van der Waals surface area contributed by atoms with Crippen LogP contribution in [0.1, 0.15) is 32.1 Å². The number of aliphatic hydroxyl groups is 1. The molecule has 1 N–H and O–H groups in total. The maximum atomic E-state index is 13.4. The quantitative estimate of drug-likeness (QED) is 0.809. The standard InChI is InChI=1S/C15H27F3N2O2/c1-19(7-3-10-21)12-5-8-20(9-6-12)14(15(16,17)18)13-4-2-11-22-13/h12-14,21H,2-11H2,1H3. The van der Waals surface area contributed by atoms with Crippen LogP contribution in [0.5, 0.6) is 0 Å². The van der Waals surface area contributed by atoms with Gasteiger partial charge in [-0.2, -0.15) is 13.2 Å². The van der Waals surface area contributed by atoms with Gasteiger partial charge in [0.05, 0.1) is 6.10 Å². The van der Waals surface area contributed by atoms with E-state index in [1.54, 1.807) is 4.90 Å². The summed E-state index contributed by atoms with van der Waals surface area (Å²) < 4.78 is 45.6. The van der Waals surface area contributed by atoms with Gasteiger partial charge in [0.2, 0.25) is 0 Å². The third-order valence-electron chi connectivity index (χ3n) is 4.84. The van der Waals surface area contributed by atoms with Crippen molar-refractivity contribution in [3.05, 3.63) is 0 Å². The third-order valence-corrected chi connectivity index (χ3v) is 4.84. The van der Waals surface area contributed by atoms with Crippen LogP contribution in [0, 0.1) is 0 Å². The Hall–Kier alpha value is -0.370. The summed E-state index contributed by atoms with van der Waals surface area (Å²) in [6.45, 7) is 2.29. The molecule has 0 saturated carbocycles.